The molecule has 0 aliphatic rings. The number of benzene rings is 2. The monoisotopic (exact) mass is 303 g/mol. The molecule has 0 amide bonds. The third-order valence-corrected chi connectivity index (χ3v) is 3.83. The Balaban J connectivity index is 2.17. The Morgan fingerprint density at radius 1 is 0.870 bits per heavy atom. The molecule has 0 atom stereocenters. The zero-order chi connectivity index (χ0) is 16.4. The highest BCUT2D eigenvalue weighted by atomic mass is 16.2. The Hall–Kier alpha value is -2.94. The maximum absolute atomic E-state index is 12.8. The average molecular weight is 303 g/mol. The Morgan fingerprint density at radius 3 is 2.13 bits per heavy atom. The molecule has 0 N–H and O–H groups in total. The zero-order valence-electron chi connectivity index (χ0n) is 13.1. The summed E-state index contributed by atoms with van der Waals surface area (Å²) in [6.45, 7) is 3.52. The van der Waals surface area contributed by atoms with Crippen LogP contribution in [0.5, 0.6) is 0 Å². The molecule has 3 aromatic rings. The van der Waals surface area contributed by atoms with Gasteiger partial charge in [-0.15, -0.1) is 0 Å². The van der Waals surface area contributed by atoms with Crippen molar-refractivity contribution in [3.63, 3.8) is 0 Å². The number of rotatable bonds is 3. The summed E-state index contributed by atoms with van der Waals surface area (Å²) in [6.07, 6.45) is 1.67. The zero-order valence-corrected chi connectivity index (χ0v) is 13.1. The molecule has 0 fully saturated rings. The molecule has 3 nitrogen and oxygen atoms in total. The first-order valence-electron chi connectivity index (χ1n) is 7.47. The van der Waals surface area contributed by atoms with Gasteiger partial charge >= 0.3 is 0 Å². The van der Waals surface area contributed by atoms with Crippen LogP contribution in [0.15, 0.2) is 66.9 Å². The maximum Gasteiger partial charge on any atom is 0.262 e. The fourth-order valence-electron chi connectivity index (χ4n) is 2.61. The van der Waals surface area contributed by atoms with Crippen LogP contribution in [-0.4, -0.2) is 16.3 Å². The average Bonchev–Trinajstić information content (AvgIpc) is 3.01. The van der Waals surface area contributed by atoms with Crippen molar-refractivity contribution in [1.29, 1.82) is 0 Å². The van der Waals surface area contributed by atoms with Gasteiger partial charge in [0.25, 0.3) is 5.91 Å². The summed E-state index contributed by atoms with van der Waals surface area (Å²) in [4.78, 5) is 24.7. The van der Waals surface area contributed by atoms with E-state index in [-0.39, 0.29) is 11.7 Å². The quantitative estimate of drug-likeness (QED) is 0.675. The highest BCUT2D eigenvalue weighted by Crippen LogP contribution is 2.27. The Kier molecular flexibility index (Phi) is 3.94. The van der Waals surface area contributed by atoms with Crippen molar-refractivity contribution >= 4 is 11.7 Å². The summed E-state index contributed by atoms with van der Waals surface area (Å²) in [5, 5.41) is 0. The van der Waals surface area contributed by atoms with Crippen LogP contribution in [0.25, 0.3) is 11.3 Å². The second-order valence-corrected chi connectivity index (χ2v) is 5.54. The van der Waals surface area contributed by atoms with Gasteiger partial charge in [0.15, 0.2) is 5.78 Å². The molecule has 3 heteroatoms. The first-order chi connectivity index (χ1) is 11.1. The Labute approximate surface area is 135 Å². The Bertz CT molecular complexity index is 858. The van der Waals surface area contributed by atoms with Gasteiger partial charge in [-0.05, 0) is 37.6 Å². The van der Waals surface area contributed by atoms with Gasteiger partial charge in [-0.1, -0.05) is 48.0 Å². The van der Waals surface area contributed by atoms with Gasteiger partial charge in [-0.2, -0.15) is 0 Å². The second kappa shape index (κ2) is 6.05. The predicted octanol–water partition coefficient (Wildman–Crippen LogP) is 4.35. The molecule has 0 saturated heterocycles. The standard InChI is InChI=1S/C20H17NO2/c1-14-8-10-16(11-9-14)19-18(15(2)22)12-13-21(19)20(23)17-6-4-3-5-7-17/h3-13H,1-2H3. The molecular weight excluding hydrogens is 286 g/mol. The number of hydrogen-bond donors (Lipinski definition) is 0. The molecule has 0 aliphatic heterocycles. The number of hydrogen-bond acceptors (Lipinski definition) is 2. The topological polar surface area (TPSA) is 39.1 Å². The number of carbonyl (C=O) groups is 2. The molecule has 23 heavy (non-hydrogen) atoms. The molecular formula is C20H17NO2. The van der Waals surface area contributed by atoms with Crippen molar-refractivity contribution < 1.29 is 9.59 Å². The maximum atomic E-state index is 12.8. The molecule has 1 aromatic heterocycles. The molecule has 1 heterocycles. The molecule has 0 aliphatic carbocycles. The minimum Gasteiger partial charge on any atom is -0.294 e. The van der Waals surface area contributed by atoms with E-state index in [1.807, 2.05) is 49.4 Å². The number of ketones is 1. The van der Waals surface area contributed by atoms with Crippen LogP contribution in [0.4, 0.5) is 0 Å². The van der Waals surface area contributed by atoms with Crippen molar-refractivity contribution in [2.24, 2.45) is 0 Å². The fourth-order valence-corrected chi connectivity index (χ4v) is 2.61. The van der Waals surface area contributed by atoms with E-state index in [1.165, 1.54) is 6.92 Å². The van der Waals surface area contributed by atoms with Crippen molar-refractivity contribution in [1.82, 2.24) is 4.57 Å². The normalized spacial score (nSPS) is 10.5. The molecule has 0 spiro atoms. The molecule has 0 radical (unpaired) electrons. The SMILES string of the molecule is CC(=O)c1ccn(C(=O)c2ccccc2)c1-c1ccc(C)cc1. The lowest BCUT2D eigenvalue weighted by Gasteiger charge is -2.10. The van der Waals surface area contributed by atoms with Gasteiger partial charge in [0.2, 0.25) is 0 Å². The van der Waals surface area contributed by atoms with Crippen molar-refractivity contribution in [2.45, 2.75) is 13.8 Å². The second-order valence-electron chi connectivity index (χ2n) is 5.54. The van der Waals surface area contributed by atoms with Gasteiger partial charge in [0.1, 0.15) is 0 Å². The summed E-state index contributed by atoms with van der Waals surface area (Å²) in [6, 6.07) is 18.6. The summed E-state index contributed by atoms with van der Waals surface area (Å²) < 4.78 is 1.55. The molecule has 2 aromatic carbocycles. The Morgan fingerprint density at radius 2 is 1.52 bits per heavy atom. The van der Waals surface area contributed by atoms with Crippen molar-refractivity contribution in [3.8, 4) is 11.3 Å². The van der Waals surface area contributed by atoms with Crippen molar-refractivity contribution in [2.75, 3.05) is 0 Å². The molecule has 0 bridgehead atoms. The van der Waals surface area contributed by atoms with E-state index in [4.69, 9.17) is 0 Å². The predicted molar refractivity (Wildman–Crippen MR) is 90.8 cm³/mol. The van der Waals surface area contributed by atoms with Gasteiger partial charge in [-0.3, -0.25) is 14.2 Å². The number of aromatic nitrogens is 1. The van der Waals surface area contributed by atoms with E-state index in [2.05, 4.69) is 0 Å². The van der Waals surface area contributed by atoms with Crippen LogP contribution in [-0.2, 0) is 0 Å². The van der Waals surface area contributed by atoms with Crippen molar-refractivity contribution in [3.05, 3.63) is 83.6 Å². The number of Topliss-reactive ketones (excluding diaryl/α,β-unsaturated/α-hetero) is 1. The lowest BCUT2D eigenvalue weighted by Crippen LogP contribution is -2.13. The van der Waals surface area contributed by atoms with Crippen LogP contribution in [0.2, 0.25) is 0 Å². The van der Waals surface area contributed by atoms with Crippen LogP contribution in [0.1, 0.15) is 33.2 Å². The summed E-state index contributed by atoms with van der Waals surface area (Å²) >= 11 is 0. The fraction of sp³-hybridized carbons (Fsp3) is 0.100. The molecule has 114 valence electrons. The van der Waals surface area contributed by atoms with Gasteiger partial charge in [-0.25, -0.2) is 0 Å². The van der Waals surface area contributed by atoms with Gasteiger partial charge < -0.3 is 0 Å². The molecule has 3 rings (SSSR count). The minimum absolute atomic E-state index is 0.0554. The molecule has 0 saturated carbocycles. The van der Waals surface area contributed by atoms with E-state index in [1.54, 1.807) is 29.0 Å². The van der Waals surface area contributed by atoms with Crippen LogP contribution in [0, 0.1) is 6.92 Å². The summed E-state index contributed by atoms with van der Waals surface area (Å²) in [5.41, 5.74) is 3.77. The highest BCUT2D eigenvalue weighted by molar-refractivity contribution is 6.05. The van der Waals surface area contributed by atoms with E-state index >= 15 is 0 Å². The largest absolute Gasteiger partial charge is 0.294 e. The summed E-state index contributed by atoms with van der Waals surface area (Å²) in [7, 11) is 0. The van der Waals surface area contributed by atoms with Crippen LogP contribution >= 0.6 is 0 Å². The van der Waals surface area contributed by atoms with E-state index in [9.17, 15) is 9.59 Å². The first kappa shape index (κ1) is 15.0. The van der Waals surface area contributed by atoms with Gasteiger partial charge in [0, 0.05) is 17.3 Å². The minimum atomic E-state index is -0.145. The van der Waals surface area contributed by atoms with Gasteiger partial charge in [0.05, 0.1) is 5.69 Å². The number of carbonyl (C=O) groups excluding carboxylic acids is 2. The van der Waals surface area contributed by atoms with E-state index < -0.39 is 0 Å². The lowest BCUT2D eigenvalue weighted by atomic mass is 10.0. The number of aryl methyl sites for hydroxylation is 1. The van der Waals surface area contributed by atoms with Crippen LogP contribution in [0.3, 0.4) is 0 Å². The highest BCUT2D eigenvalue weighted by Gasteiger charge is 2.19. The van der Waals surface area contributed by atoms with E-state index in [0.29, 0.717) is 16.8 Å². The number of nitrogens with zero attached hydrogens (tertiary/aromatic N) is 1. The molecule has 0 unspecified atom stereocenters. The summed E-state index contributed by atoms with van der Waals surface area (Å²) in [5.74, 6) is -0.200. The lowest BCUT2D eigenvalue weighted by molar-refractivity contribution is 0.0962. The van der Waals surface area contributed by atoms with Crippen LogP contribution < -0.4 is 0 Å². The third kappa shape index (κ3) is 2.86. The third-order valence-electron chi connectivity index (χ3n) is 3.83. The smallest absolute Gasteiger partial charge is 0.262 e. The first-order valence-corrected chi connectivity index (χ1v) is 7.47. The van der Waals surface area contributed by atoms with E-state index in [0.717, 1.165) is 11.1 Å².